The standard InChI is InChI=1S/C42H42N2O8/c45-23-39-31(29-17-9-3-10-18-29)40(24-46)34-42(26-48)32(30-19-11-4-12-20-30)41(25-47,33(39)43(34)37(49)51-21-27-13-5-1-6-14-27)35(39)44(36(40)42)38(50)52-22-28-15-7-2-8-16-28/h1-20,31-36,45-48H,21-26H2. The SMILES string of the molecule is O=C(OCc1ccccc1)N1C2C3(CO)C(c4ccccc4)C4(CO)C1C1(CO)C(c5ccccc5)C2(CO)C3N(C(=O)OCc2ccccc2)C41. The molecule has 10 heteroatoms. The average Bonchev–Trinajstić information content (AvgIpc) is 3.18. The summed E-state index contributed by atoms with van der Waals surface area (Å²) in [6.45, 7) is -1.85. The fourth-order valence-electron chi connectivity index (χ4n) is 12.6. The molecule has 4 saturated heterocycles. The molecule has 6 aliphatic rings. The van der Waals surface area contributed by atoms with Gasteiger partial charge in [0, 0.05) is 33.5 Å². The Kier molecular flexibility index (Phi) is 7.58. The first-order chi connectivity index (χ1) is 25.4. The van der Waals surface area contributed by atoms with E-state index in [9.17, 15) is 30.0 Å². The van der Waals surface area contributed by atoms with Gasteiger partial charge in [-0.25, -0.2) is 9.59 Å². The van der Waals surface area contributed by atoms with Gasteiger partial charge < -0.3 is 29.9 Å². The molecule has 8 bridgehead atoms. The van der Waals surface area contributed by atoms with Crippen molar-refractivity contribution >= 4 is 12.2 Å². The van der Waals surface area contributed by atoms with E-state index in [4.69, 9.17) is 9.47 Å². The third-order valence-corrected chi connectivity index (χ3v) is 13.5. The quantitative estimate of drug-likeness (QED) is 0.192. The molecule has 52 heavy (non-hydrogen) atoms. The lowest BCUT2D eigenvalue weighted by atomic mass is 9.16. The van der Waals surface area contributed by atoms with Gasteiger partial charge in [-0.05, 0) is 22.3 Å². The highest BCUT2D eigenvalue weighted by atomic mass is 16.6. The first-order valence-corrected chi connectivity index (χ1v) is 17.9. The number of benzene rings is 4. The molecule has 4 heterocycles. The second-order valence-corrected chi connectivity index (χ2v) is 15.3. The van der Waals surface area contributed by atoms with Crippen molar-refractivity contribution in [3.63, 3.8) is 0 Å². The minimum Gasteiger partial charge on any atom is -0.445 e. The summed E-state index contributed by atoms with van der Waals surface area (Å²) in [5.74, 6) is -1.10. The molecule has 4 aromatic carbocycles. The van der Waals surface area contributed by atoms with Crippen molar-refractivity contribution in [1.82, 2.24) is 9.80 Å². The maximum atomic E-state index is 14.7. The van der Waals surface area contributed by atoms with Crippen molar-refractivity contribution in [2.24, 2.45) is 21.7 Å². The molecule has 10 rings (SSSR count). The zero-order valence-corrected chi connectivity index (χ0v) is 28.6. The van der Waals surface area contributed by atoms with Gasteiger partial charge in [-0.1, -0.05) is 121 Å². The van der Waals surface area contributed by atoms with Gasteiger partial charge in [-0.2, -0.15) is 0 Å². The Hall–Kier alpha value is -4.74. The molecule has 4 aliphatic heterocycles. The van der Waals surface area contributed by atoms with Crippen LogP contribution in [0.4, 0.5) is 9.59 Å². The van der Waals surface area contributed by atoms with Crippen molar-refractivity contribution < 1.29 is 39.5 Å². The molecule has 0 radical (unpaired) electrons. The minimum atomic E-state index is -1.24. The number of hydrogen-bond acceptors (Lipinski definition) is 8. The first-order valence-electron chi connectivity index (χ1n) is 17.9. The number of nitrogens with zero attached hydrogens (tertiary/aromatic N) is 2. The van der Waals surface area contributed by atoms with Gasteiger partial charge in [-0.3, -0.25) is 9.80 Å². The number of amides is 2. The molecule has 4 aromatic rings. The van der Waals surface area contributed by atoms with E-state index < -0.39 is 96.3 Å². The van der Waals surface area contributed by atoms with Crippen LogP contribution in [0.5, 0.6) is 0 Å². The van der Waals surface area contributed by atoms with Crippen LogP contribution in [-0.4, -0.2) is 93.0 Å². The molecule has 268 valence electrons. The second-order valence-electron chi connectivity index (χ2n) is 15.3. The molecular formula is C42H42N2O8. The monoisotopic (exact) mass is 702 g/mol. The second kappa shape index (κ2) is 11.9. The third kappa shape index (κ3) is 3.77. The van der Waals surface area contributed by atoms with E-state index in [0.717, 1.165) is 22.3 Å². The van der Waals surface area contributed by atoms with Gasteiger partial charge in [0.2, 0.25) is 0 Å². The van der Waals surface area contributed by atoms with E-state index in [0.29, 0.717) is 0 Å². The largest absolute Gasteiger partial charge is 0.445 e. The Bertz CT molecular complexity index is 1750. The molecule has 2 saturated carbocycles. The number of hydrogen-bond donors (Lipinski definition) is 4. The molecule has 0 atom stereocenters. The summed E-state index contributed by atoms with van der Waals surface area (Å²) >= 11 is 0. The van der Waals surface area contributed by atoms with Gasteiger partial charge in [0.15, 0.2) is 0 Å². The maximum Gasteiger partial charge on any atom is 0.410 e. The van der Waals surface area contributed by atoms with E-state index in [-0.39, 0.29) is 13.2 Å². The lowest BCUT2D eigenvalue weighted by Gasteiger charge is -2.97. The zero-order valence-electron chi connectivity index (χ0n) is 28.6. The summed E-state index contributed by atoms with van der Waals surface area (Å²) < 4.78 is 12.1. The lowest BCUT2D eigenvalue weighted by Crippen LogP contribution is -3.08. The lowest BCUT2D eigenvalue weighted by molar-refractivity contribution is -0.475. The fraction of sp³-hybridized carbons (Fsp3) is 0.381. The van der Waals surface area contributed by atoms with Gasteiger partial charge in [0.05, 0.1) is 50.6 Å². The Labute approximate surface area is 301 Å². The highest BCUT2D eigenvalue weighted by Crippen LogP contribution is 2.91. The van der Waals surface area contributed by atoms with Crippen LogP contribution in [0, 0.1) is 21.7 Å². The van der Waals surface area contributed by atoms with Crippen LogP contribution in [0.2, 0.25) is 0 Å². The van der Waals surface area contributed by atoms with Gasteiger partial charge in [-0.15, -0.1) is 0 Å². The summed E-state index contributed by atoms with van der Waals surface area (Å²) in [6.07, 6.45) is -1.31. The maximum absolute atomic E-state index is 14.7. The van der Waals surface area contributed by atoms with Crippen LogP contribution >= 0.6 is 0 Å². The van der Waals surface area contributed by atoms with Crippen molar-refractivity contribution in [3.05, 3.63) is 144 Å². The highest BCUT2D eigenvalue weighted by molar-refractivity contribution is 5.79. The number of piperidine rings is 4. The Balaban J connectivity index is 1.27. The van der Waals surface area contributed by atoms with Crippen LogP contribution in [0.3, 0.4) is 0 Å². The molecule has 0 unspecified atom stereocenters. The van der Waals surface area contributed by atoms with Gasteiger partial charge >= 0.3 is 12.2 Å². The molecule has 2 aliphatic carbocycles. The van der Waals surface area contributed by atoms with E-state index in [1.165, 1.54) is 0 Å². The van der Waals surface area contributed by atoms with Crippen molar-refractivity contribution in [2.75, 3.05) is 26.4 Å². The molecule has 0 aromatic heterocycles. The van der Waals surface area contributed by atoms with Crippen LogP contribution in [0.15, 0.2) is 121 Å². The summed E-state index contributed by atoms with van der Waals surface area (Å²) in [7, 11) is 0. The van der Waals surface area contributed by atoms with E-state index >= 15 is 0 Å². The summed E-state index contributed by atoms with van der Waals surface area (Å²) in [4.78, 5) is 32.7. The number of carbonyl (C=O) groups excluding carboxylic acids is 2. The average molecular weight is 703 g/mol. The molecule has 6 fully saturated rings. The topological polar surface area (TPSA) is 140 Å². The number of ether oxygens (including phenoxy) is 2. The van der Waals surface area contributed by atoms with Gasteiger partial charge in [0.25, 0.3) is 0 Å². The van der Waals surface area contributed by atoms with E-state index in [2.05, 4.69) is 0 Å². The first kappa shape index (κ1) is 33.1. The van der Waals surface area contributed by atoms with Crippen LogP contribution in [0.25, 0.3) is 0 Å². The van der Waals surface area contributed by atoms with Crippen LogP contribution in [-0.2, 0) is 22.7 Å². The molecular weight excluding hydrogens is 660 g/mol. The fourth-order valence-corrected chi connectivity index (χ4v) is 12.6. The summed E-state index contributed by atoms with van der Waals surface area (Å²) in [5, 5.41) is 47.6. The number of rotatable bonds is 10. The Morgan fingerprint density at radius 2 is 0.731 bits per heavy atom. The molecule has 0 spiro atoms. The number of aliphatic hydroxyl groups excluding tert-OH is 4. The van der Waals surface area contributed by atoms with Crippen molar-refractivity contribution in [1.29, 1.82) is 0 Å². The smallest absolute Gasteiger partial charge is 0.410 e. The van der Waals surface area contributed by atoms with E-state index in [1.807, 2.05) is 121 Å². The number of carbonyl (C=O) groups is 2. The van der Waals surface area contributed by atoms with Crippen molar-refractivity contribution in [2.45, 2.75) is 49.2 Å². The third-order valence-electron chi connectivity index (χ3n) is 13.5. The normalized spacial score (nSPS) is 35.8. The molecule has 2 amide bonds. The zero-order chi connectivity index (χ0) is 35.9. The molecule has 10 nitrogen and oxygen atoms in total. The van der Waals surface area contributed by atoms with Crippen molar-refractivity contribution in [3.8, 4) is 0 Å². The summed E-state index contributed by atoms with van der Waals surface area (Å²) in [6, 6.07) is 34.5. The van der Waals surface area contributed by atoms with Crippen LogP contribution in [0.1, 0.15) is 34.1 Å². The predicted octanol–water partition coefficient (Wildman–Crippen LogP) is 4.29. The van der Waals surface area contributed by atoms with E-state index in [1.54, 1.807) is 9.80 Å². The highest BCUT2D eigenvalue weighted by Gasteiger charge is 3.01. The minimum absolute atomic E-state index is 0.0128. The Morgan fingerprint density at radius 1 is 0.462 bits per heavy atom. The van der Waals surface area contributed by atoms with Gasteiger partial charge in [0.1, 0.15) is 13.2 Å². The Morgan fingerprint density at radius 3 is 1.00 bits per heavy atom. The van der Waals surface area contributed by atoms with Crippen LogP contribution < -0.4 is 0 Å². The molecule has 4 N–H and O–H groups in total. The summed E-state index contributed by atoms with van der Waals surface area (Å²) in [5.41, 5.74) is -1.70. The predicted molar refractivity (Wildman–Crippen MR) is 189 cm³/mol. The number of aliphatic hydroxyl groups is 4.